The van der Waals surface area contributed by atoms with Crippen LogP contribution in [-0.2, 0) is 0 Å². The first-order valence-corrected chi connectivity index (χ1v) is 10.8. The van der Waals surface area contributed by atoms with Crippen LogP contribution in [0.3, 0.4) is 0 Å². The summed E-state index contributed by atoms with van der Waals surface area (Å²) in [6.07, 6.45) is 3.55. The molecule has 1 fully saturated rings. The third kappa shape index (κ3) is 4.90. The number of halogens is 3. The minimum absolute atomic E-state index is 0. The van der Waals surface area contributed by atoms with E-state index in [1.165, 1.54) is 0 Å². The Morgan fingerprint density at radius 3 is 2.58 bits per heavy atom. The van der Waals surface area contributed by atoms with Gasteiger partial charge in [0.25, 0.3) is 5.91 Å². The van der Waals surface area contributed by atoms with Crippen LogP contribution in [0.1, 0.15) is 45.9 Å². The van der Waals surface area contributed by atoms with Gasteiger partial charge in [0.05, 0.1) is 23.1 Å². The number of nitrogens with one attached hydrogen (secondary N) is 2. The lowest BCUT2D eigenvalue weighted by Crippen LogP contribution is -2.29. The van der Waals surface area contributed by atoms with Crippen molar-refractivity contribution in [1.82, 2.24) is 15.1 Å². The average Bonchev–Trinajstić information content (AvgIpc) is 3.18. The molecule has 0 spiro atoms. The smallest absolute Gasteiger partial charge is 0.259 e. The number of hydrogen-bond donors (Lipinski definition) is 2. The number of amides is 1. The summed E-state index contributed by atoms with van der Waals surface area (Å²) in [5.41, 5.74) is 4.98. The first kappa shape index (κ1) is 23.6. The predicted molar refractivity (Wildman–Crippen MR) is 130 cm³/mol. The number of piperidine rings is 1. The van der Waals surface area contributed by atoms with Crippen molar-refractivity contribution in [1.29, 1.82) is 0 Å². The molecule has 0 atom stereocenters. The number of benzene rings is 2. The van der Waals surface area contributed by atoms with Crippen molar-refractivity contribution in [2.24, 2.45) is 0 Å². The quantitative estimate of drug-likeness (QED) is 0.487. The lowest BCUT2D eigenvalue weighted by atomic mass is 9.91. The fourth-order valence-electron chi connectivity index (χ4n) is 3.91. The second kappa shape index (κ2) is 10.0. The number of hydrogen-bond acceptors (Lipinski definition) is 3. The van der Waals surface area contributed by atoms with Crippen LogP contribution < -0.4 is 10.6 Å². The van der Waals surface area contributed by atoms with Crippen molar-refractivity contribution in [3.63, 3.8) is 0 Å². The maximum atomic E-state index is 13.2. The summed E-state index contributed by atoms with van der Waals surface area (Å²) in [5.74, 6) is 0.0453. The number of nitrogens with zero attached hydrogens (tertiary/aromatic N) is 2. The van der Waals surface area contributed by atoms with Gasteiger partial charge in [-0.2, -0.15) is 5.10 Å². The minimum Gasteiger partial charge on any atom is -0.322 e. The molecule has 5 nitrogen and oxygen atoms in total. The molecule has 1 saturated heterocycles. The van der Waals surface area contributed by atoms with Gasteiger partial charge < -0.3 is 10.6 Å². The topological polar surface area (TPSA) is 59.0 Å². The highest BCUT2D eigenvalue weighted by atomic mass is 35.5. The molecule has 31 heavy (non-hydrogen) atoms. The van der Waals surface area contributed by atoms with Crippen LogP contribution in [0.4, 0.5) is 5.69 Å². The van der Waals surface area contributed by atoms with E-state index in [0.717, 1.165) is 48.4 Å². The fraction of sp³-hybridized carbons (Fsp3) is 0.304. The molecule has 2 aromatic carbocycles. The molecule has 0 saturated carbocycles. The van der Waals surface area contributed by atoms with Crippen molar-refractivity contribution in [2.75, 3.05) is 18.4 Å². The highest BCUT2D eigenvalue weighted by molar-refractivity contribution is 6.32. The zero-order chi connectivity index (χ0) is 21.3. The molecule has 2 N–H and O–H groups in total. The normalized spacial score (nSPS) is 14.2. The summed E-state index contributed by atoms with van der Waals surface area (Å²) in [6, 6.07) is 11.3. The predicted octanol–water partition coefficient (Wildman–Crippen LogP) is 5.94. The van der Waals surface area contributed by atoms with E-state index in [1.54, 1.807) is 12.3 Å². The second-order valence-electron chi connectivity index (χ2n) is 7.68. The number of carbonyl (C=O) groups is 1. The Kier molecular flexibility index (Phi) is 7.65. The van der Waals surface area contributed by atoms with Crippen LogP contribution in [0, 0.1) is 13.8 Å². The zero-order valence-electron chi connectivity index (χ0n) is 17.4. The molecule has 2 heterocycles. The molecule has 1 aromatic heterocycles. The van der Waals surface area contributed by atoms with Crippen molar-refractivity contribution >= 4 is 47.2 Å². The number of aryl methyl sites for hydroxylation is 1. The van der Waals surface area contributed by atoms with Crippen LogP contribution in [0.15, 0.2) is 42.6 Å². The molecule has 3 aromatic rings. The summed E-state index contributed by atoms with van der Waals surface area (Å²) in [6.45, 7) is 5.73. The van der Waals surface area contributed by atoms with Crippen molar-refractivity contribution in [3.8, 4) is 5.69 Å². The molecule has 1 aliphatic rings. The van der Waals surface area contributed by atoms with Gasteiger partial charge in [0, 0.05) is 21.7 Å². The van der Waals surface area contributed by atoms with Crippen molar-refractivity contribution in [3.05, 3.63) is 75.0 Å². The Hall–Kier alpha value is -2.05. The number of rotatable bonds is 4. The van der Waals surface area contributed by atoms with Gasteiger partial charge in [-0.3, -0.25) is 4.79 Å². The average molecular weight is 480 g/mol. The van der Waals surface area contributed by atoms with Gasteiger partial charge >= 0.3 is 0 Å². The molecule has 1 aliphatic heterocycles. The van der Waals surface area contributed by atoms with E-state index in [9.17, 15) is 4.79 Å². The van der Waals surface area contributed by atoms with E-state index in [1.807, 2.05) is 48.9 Å². The number of anilines is 1. The molecule has 1 amide bonds. The first-order chi connectivity index (χ1) is 14.5. The molecule has 8 heteroatoms. The van der Waals surface area contributed by atoms with Gasteiger partial charge in [-0.05, 0) is 75.2 Å². The molecular weight excluding hydrogens is 455 g/mol. The molecule has 0 aliphatic carbocycles. The summed E-state index contributed by atoms with van der Waals surface area (Å²) in [5, 5.41) is 12.3. The molecular formula is C23H25Cl3N4O. The van der Waals surface area contributed by atoms with Gasteiger partial charge in [-0.15, -0.1) is 12.4 Å². The highest BCUT2D eigenvalue weighted by Gasteiger charge is 2.27. The van der Waals surface area contributed by atoms with E-state index in [-0.39, 0.29) is 24.2 Å². The summed E-state index contributed by atoms with van der Waals surface area (Å²) >= 11 is 12.6. The zero-order valence-corrected chi connectivity index (χ0v) is 19.7. The monoisotopic (exact) mass is 478 g/mol. The van der Waals surface area contributed by atoms with Crippen LogP contribution in [0.25, 0.3) is 5.69 Å². The Bertz CT molecular complexity index is 1090. The SMILES string of the molecule is Cc1ccc(NC(=O)c2cnn(-c3cccc(Cl)c3C)c2C2CCNCC2)cc1Cl.Cl. The van der Waals surface area contributed by atoms with Gasteiger partial charge in [-0.1, -0.05) is 35.3 Å². The maximum Gasteiger partial charge on any atom is 0.259 e. The van der Waals surface area contributed by atoms with Crippen LogP contribution in [0.2, 0.25) is 10.0 Å². The van der Waals surface area contributed by atoms with Crippen molar-refractivity contribution < 1.29 is 4.79 Å². The standard InChI is InChI=1S/C23H24Cl2N4O.ClH/c1-14-6-7-17(12-20(14)25)28-23(30)18-13-27-29(21-5-3-4-19(24)15(21)2)22(18)16-8-10-26-11-9-16;/h3-7,12-13,16,26H,8-11H2,1-2H3,(H,28,30);1H. The first-order valence-electron chi connectivity index (χ1n) is 10.1. The lowest BCUT2D eigenvalue weighted by molar-refractivity contribution is 0.102. The van der Waals surface area contributed by atoms with E-state index < -0.39 is 0 Å². The number of aromatic nitrogens is 2. The maximum absolute atomic E-state index is 13.2. The van der Waals surface area contributed by atoms with Gasteiger partial charge in [0.2, 0.25) is 0 Å². The molecule has 0 unspecified atom stereocenters. The summed E-state index contributed by atoms with van der Waals surface area (Å²) in [7, 11) is 0. The molecule has 0 bridgehead atoms. The van der Waals surface area contributed by atoms with E-state index in [2.05, 4.69) is 15.7 Å². The van der Waals surface area contributed by atoms with E-state index in [0.29, 0.717) is 21.3 Å². The lowest BCUT2D eigenvalue weighted by Gasteiger charge is -2.25. The van der Waals surface area contributed by atoms with Crippen LogP contribution in [-0.4, -0.2) is 28.8 Å². The van der Waals surface area contributed by atoms with Gasteiger partial charge in [0.15, 0.2) is 0 Å². The summed E-state index contributed by atoms with van der Waals surface area (Å²) < 4.78 is 1.88. The van der Waals surface area contributed by atoms with Gasteiger partial charge in [0.1, 0.15) is 0 Å². The van der Waals surface area contributed by atoms with E-state index in [4.69, 9.17) is 23.2 Å². The Balaban J connectivity index is 0.00000272. The highest BCUT2D eigenvalue weighted by Crippen LogP contribution is 2.33. The van der Waals surface area contributed by atoms with Crippen molar-refractivity contribution in [2.45, 2.75) is 32.6 Å². The van der Waals surface area contributed by atoms with Crippen LogP contribution >= 0.6 is 35.6 Å². The third-order valence-electron chi connectivity index (χ3n) is 5.67. The fourth-order valence-corrected chi connectivity index (χ4v) is 4.26. The Labute approximate surface area is 198 Å². The molecule has 4 rings (SSSR count). The van der Waals surface area contributed by atoms with Gasteiger partial charge in [-0.25, -0.2) is 4.68 Å². The largest absolute Gasteiger partial charge is 0.322 e. The number of carbonyl (C=O) groups excluding carboxylic acids is 1. The minimum atomic E-state index is -0.186. The molecule has 0 radical (unpaired) electrons. The third-order valence-corrected chi connectivity index (χ3v) is 6.49. The van der Waals surface area contributed by atoms with Crippen LogP contribution in [0.5, 0.6) is 0 Å². The Morgan fingerprint density at radius 1 is 1.13 bits per heavy atom. The summed E-state index contributed by atoms with van der Waals surface area (Å²) in [4.78, 5) is 13.2. The Morgan fingerprint density at radius 2 is 1.87 bits per heavy atom. The second-order valence-corrected chi connectivity index (χ2v) is 8.50. The molecule has 164 valence electrons. The van der Waals surface area contributed by atoms with E-state index >= 15 is 0 Å².